The number of hydrogen-bond acceptors (Lipinski definition) is 4. The van der Waals surface area contributed by atoms with Crippen molar-refractivity contribution in [2.75, 3.05) is 11.9 Å². The van der Waals surface area contributed by atoms with E-state index in [1.165, 1.54) is 0 Å². The Morgan fingerprint density at radius 2 is 2.11 bits per heavy atom. The monoisotopic (exact) mass is 263 g/mol. The summed E-state index contributed by atoms with van der Waals surface area (Å²) in [5.41, 5.74) is 0.898. The van der Waals surface area contributed by atoms with Crippen LogP contribution in [0.1, 0.15) is 12.7 Å². The molecule has 0 amide bonds. The lowest BCUT2D eigenvalue weighted by atomic mass is 10.3. The van der Waals surface area contributed by atoms with Gasteiger partial charge in [-0.05, 0) is 26.0 Å². The molecule has 94 valence electrons. The first-order valence-corrected chi connectivity index (χ1v) is 6.06. The van der Waals surface area contributed by atoms with Crippen LogP contribution in [-0.2, 0) is 0 Å². The van der Waals surface area contributed by atoms with Gasteiger partial charge in [0.15, 0.2) is 0 Å². The molecule has 1 N–H and O–H groups in total. The molecule has 0 spiro atoms. The van der Waals surface area contributed by atoms with E-state index in [4.69, 9.17) is 16.3 Å². The van der Waals surface area contributed by atoms with Crippen LogP contribution >= 0.6 is 11.6 Å². The zero-order valence-corrected chi connectivity index (χ0v) is 11.0. The number of aryl methyl sites for hydroxylation is 1. The van der Waals surface area contributed by atoms with Crippen molar-refractivity contribution in [1.29, 1.82) is 0 Å². The maximum atomic E-state index is 5.88. The Morgan fingerprint density at radius 3 is 2.83 bits per heavy atom. The largest absolute Gasteiger partial charge is 0.494 e. The third-order valence-corrected chi connectivity index (χ3v) is 2.42. The van der Waals surface area contributed by atoms with Crippen molar-refractivity contribution in [3.8, 4) is 5.75 Å². The van der Waals surface area contributed by atoms with Crippen LogP contribution in [0.2, 0.25) is 5.15 Å². The highest BCUT2D eigenvalue weighted by molar-refractivity contribution is 6.29. The topological polar surface area (TPSA) is 47.0 Å². The van der Waals surface area contributed by atoms with E-state index >= 15 is 0 Å². The SMILES string of the molecule is CCOc1cccc(Nc2cc(Cl)nc(C)n2)c1. The fourth-order valence-electron chi connectivity index (χ4n) is 1.57. The molecule has 0 atom stereocenters. The number of rotatable bonds is 4. The van der Waals surface area contributed by atoms with E-state index in [0.717, 1.165) is 11.4 Å². The highest BCUT2D eigenvalue weighted by atomic mass is 35.5. The summed E-state index contributed by atoms with van der Waals surface area (Å²) in [5.74, 6) is 2.12. The molecule has 2 rings (SSSR count). The van der Waals surface area contributed by atoms with Crippen molar-refractivity contribution in [1.82, 2.24) is 9.97 Å². The van der Waals surface area contributed by atoms with Crippen LogP contribution in [0, 0.1) is 6.92 Å². The molecule has 18 heavy (non-hydrogen) atoms. The van der Waals surface area contributed by atoms with Gasteiger partial charge in [0.2, 0.25) is 0 Å². The van der Waals surface area contributed by atoms with Crippen LogP contribution in [0.25, 0.3) is 0 Å². The zero-order chi connectivity index (χ0) is 13.0. The molecule has 0 aliphatic carbocycles. The summed E-state index contributed by atoms with van der Waals surface area (Å²) in [6.07, 6.45) is 0. The van der Waals surface area contributed by atoms with Crippen LogP contribution < -0.4 is 10.1 Å². The minimum atomic E-state index is 0.422. The van der Waals surface area contributed by atoms with Gasteiger partial charge < -0.3 is 10.1 Å². The Morgan fingerprint density at radius 1 is 1.28 bits per heavy atom. The molecule has 1 heterocycles. The third-order valence-electron chi connectivity index (χ3n) is 2.22. The van der Waals surface area contributed by atoms with Crippen LogP contribution in [0.5, 0.6) is 5.75 Å². The molecule has 0 bridgehead atoms. The summed E-state index contributed by atoms with van der Waals surface area (Å²) in [4.78, 5) is 8.27. The summed E-state index contributed by atoms with van der Waals surface area (Å²) in [5, 5.41) is 3.59. The van der Waals surface area contributed by atoms with Crippen LogP contribution in [0.15, 0.2) is 30.3 Å². The van der Waals surface area contributed by atoms with Gasteiger partial charge in [-0.1, -0.05) is 17.7 Å². The van der Waals surface area contributed by atoms with Gasteiger partial charge in [0.1, 0.15) is 22.5 Å². The first-order chi connectivity index (χ1) is 8.67. The van der Waals surface area contributed by atoms with Gasteiger partial charge in [-0.2, -0.15) is 0 Å². The highest BCUT2D eigenvalue weighted by Crippen LogP contribution is 2.21. The van der Waals surface area contributed by atoms with E-state index in [-0.39, 0.29) is 0 Å². The van der Waals surface area contributed by atoms with Crippen LogP contribution in [0.3, 0.4) is 0 Å². The lowest BCUT2D eigenvalue weighted by molar-refractivity contribution is 0.340. The van der Waals surface area contributed by atoms with Gasteiger partial charge in [-0.15, -0.1) is 0 Å². The molecule has 0 radical (unpaired) electrons. The van der Waals surface area contributed by atoms with Crippen LogP contribution in [0.4, 0.5) is 11.5 Å². The second kappa shape index (κ2) is 5.69. The Balaban J connectivity index is 2.20. The van der Waals surface area contributed by atoms with Gasteiger partial charge in [-0.3, -0.25) is 0 Å². The predicted octanol–water partition coefficient (Wildman–Crippen LogP) is 3.58. The minimum absolute atomic E-state index is 0.422. The Hall–Kier alpha value is -1.81. The number of benzene rings is 1. The smallest absolute Gasteiger partial charge is 0.135 e. The quantitative estimate of drug-likeness (QED) is 0.857. The molecular formula is C13H14ClN3O. The maximum Gasteiger partial charge on any atom is 0.135 e. The normalized spacial score (nSPS) is 10.2. The first-order valence-electron chi connectivity index (χ1n) is 5.68. The summed E-state index contributed by atoms with van der Waals surface area (Å²) < 4.78 is 5.43. The summed E-state index contributed by atoms with van der Waals surface area (Å²) >= 11 is 5.88. The summed E-state index contributed by atoms with van der Waals surface area (Å²) in [7, 11) is 0. The number of nitrogens with one attached hydrogen (secondary N) is 1. The van der Waals surface area contributed by atoms with Crippen molar-refractivity contribution in [2.45, 2.75) is 13.8 Å². The zero-order valence-electron chi connectivity index (χ0n) is 10.3. The number of halogens is 1. The molecule has 0 fully saturated rings. The molecule has 1 aromatic heterocycles. The van der Waals surface area contributed by atoms with Gasteiger partial charge in [0, 0.05) is 17.8 Å². The Kier molecular flexibility index (Phi) is 3.99. The maximum absolute atomic E-state index is 5.88. The molecule has 5 heteroatoms. The first kappa shape index (κ1) is 12.6. The number of anilines is 2. The standard InChI is InChI=1S/C13H14ClN3O/c1-3-18-11-6-4-5-10(7-11)17-13-8-12(14)15-9(2)16-13/h4-8H,3H2,1-2H3,(H,15,16,17). The van der Waals surface area contributed by atoms with Gasteiger partial charge >= 0.3 is 0 Å². The molecule has 0 aliphatic rings. The third kappa shape index (κ3) is 3.34. The fourth-order valence-corrected chi connectivity index (χ4v) is 1.80. The Labute approximate surface area is 111 Å². The van der Waals surface area contributed by atoms with E-state index in [1.807, 2.05) is 31.2 Å². The second-order valence-electron chi connectivity index (χ2n) is 3.71. The van der Waals surface area contributed by atoms with E-state index in [2.05, 4.69) is 15.3 Å². The van der Waals surface area contributed by atoms with Gasteiger partial charge in [0.25, 0.3) is 0 Å². The molecule has 0 saturated heterocycles. The number of nitrogens with zero attached hydrogens (tertiary/aromatic N) is 2. The second-order valence-corrected chi connectivity index (χ2v) is 4.10. The summed E-state index contributed by atoms with van der Waals surface area (Å²) in [6.45, 7) is 4.39. The number of aromatic nitrogens is 2. The molecule has 0 unspecified atom stereocenters. The Bertz CT molecular complexity index is 525. The van der Waals surface area contributed by atoms with Crippen molar-refractivity contribution in [3.05, 3.63) is 41.3 Å². The van der Waals surface area contributed by atoms with E-state index in [9.17, 15) is 0 Å². The summed E-state index contributed by atoms with van der Waals surface area (Å²) in [6, 6.07) is 9.36. The van der Waals surface area contributed by atoms with Crippen molar-refractivity contribution in [2.24, 2.45) is 0 Å². The van der Waals surface area contributed by atoms with Crippen LogP contribution in [-0.4, -0.2) is 16.6 Å². The van der Waals surface area contributed by atoms with Crippen molar-refractivity contribution >= 4 is 23.1 Å². The van der Waals surface area contributed by atoms with Crippen molar-refractivity contribution in [3.63, 3.8) is 0 Å². The minimum Gasteiger partial charge on any atom is -0.494 e. The lowest BCUT2D eigenvalue weighted by Crippen LogP contribution is -1.98. The van der Waals surface area contributed by atoms with E-state index in [1.54, 1.807) is 13.0 Å². The average Bonchev–Trinajstić information content (AvgIpc) is 2.28. The van der Waals surface area contributed by atoms with Crippen molar-refractivity contribution < 1.29 is 4.74 Å². The van der Waals surface area contributed by atoms with E-state index < -0.39 is 0 Å². The lowest BCUT2D eigenvalue weighted by Gasteiger charge is -2.08. The highest BCUT2D eigenvalue weighted by Gasteiger charge is 2.01. The number of ether oxygens (including phenoxy) is 1. The molecule has 1 aromatic carbocycles. The molecule has 0 aliphatic heterocycles. The fraction of sp³-hybridized carbons (Fsp3) is 0.231. The molecular weight excluding hydrogens is 250 g/mol. The molecule has 2 aromatic rings. The van der Waals surface area contributed by atoms with E-state index in [0.29, 0.717) is 23.4 Å². The molecule has 4 nitrogen and oxygen atoms in total. The predicted molar refractivity (Wildman–Crippen MR) is 72.7 cm³/mol. The average molecular weight is 264 g/mol. The van der Waals surface area contributed by atoms with Gasteiger partial charge in [0.05, 0.1) is 6.61 Å². The molecule has 0 saturated carbocycles. The van der Waals surface area contributed by atoms with Gasteiger partial charge in [-0.25, -0.2) is 9.97 Å². The number of hydrogen-bond donors (Lipinski definition) is 1.